The van der Waals surface area contributed by atoms with Gasteiger partial charge in [-0.3, -0.25) is 0 Å². The minimum atomic E-state index is -0.211. The summed E-state index contributed by atoms with van der Waals surface area (Å²) < 4.78 is 18.9. The molecule has 0 aliphatic heterocycles. The highest BCUT2D eigenvalue weighted by atomic mass is 19.1. The van der Waals surface area contributed by atoms with Gasteiger partial charge in [-0.05, 0) is 37.6 Å². The first-order chi connectivity index (χ1) is 8.42. The van der Waals surface area contributed by atoms with E-state index in [0.29, 0.717) is 5.92 Å². The van der Waals surface area contributed by atoms with Crippen molar-refractivity contribution in [3.63, 3.8) is 0 Å². The fourth-order valence-electron chi connectivity index (χ4n) is 2.72. The number of benzene rings is 1. The van der Waals surface area contributed by atoms with Crippen molar-refractivity contribution in [3.8, 4) is 5.75 Å². The minimum absolute atomic E-state index is 0.129. The van der Waals surface area contributed by atoms with E-state index in [0.717, 1.165) is 24.3 Å². The largest absolute Gasteiger partial charge is 0.496 e. The van der Waals surface area contributed by atoms with E-state index in [1.165, 1.54) is 6.07 Å². The Kier molecular flexibility index (Phi) is 5.15. The molecular weight excluding hydrogens is 229 g/mol. The Hall–Kier alpha value is -1.09. The van der Waals surface area contributed by atoms with Crippen LogP contribution in [-0.4, -0.2) is 20.7 Å². The van der Waals surface area contributed by atoms with Gasteiger partial charge >= 0.3 is 0 Å². The third kappa shape index (κ3) is 3.45. The first-order valence-electron chi connectivity index (χ1n) is 6.41. The smallest absolute Gasteiger partial charge is 0.123 e. The lowest BCUT2D eigenvalue weighted by Crippen LogP contribution is -2.35. The molecule has 0 saturated carbocycles. The fourth-order valence-corrected chi connectivity index (χ4v) is 2.72. The van der Waals surface area contributed by atoms with Crippen LogP contribution in [0.15, 0.2) is 18.2 Å². The predicted molar refractivity (Wildman–Crippen MR) is 73.7 cm³/mol. The van der Waals surface area contributed by atoms with Gasteiger partial charge in [0.05, 0.1) is 7.11 Å². The monoisotopic (exact) mass is 253 g/mol. The molecule has 0 heterocycles. The van der Waals surface area contributed by atoms with Crippen molar-refractivity contribution >= 4 is 0 Å². The minimum Gasteiger partial charge on any atom is -0.496 e. The molecule has 1 aromatic carbocycles. The molecule has 1 unspecified atom stereocenters. The number of hydrogen-bond donors (Lipinski definition) is 1. The van der Waals surface area contributed by atoms with Crippen molar-refractivity contribution in [2.45, 2.75) is 32.6 Å². The van der Waals surface area contributed by atoms with Crippen LogP contribution in [-0.2, 0) is 5.41 Å². The molecular formula is C15H24FNO. The topological polar surface area (TPSA) is 21.3 Å². The lowest BCUT2D eigenvalue weighted by molar-refractivity contribution is 0.332. The highest BCUT2D eigenvalue weighted by molar-refractivity contribution is 5.40. The van der Waals surface area contributed by atoms with Gasteiger partial charge in [0, 0.05) is 17.5 Å². The van der Waals surface area contributed by atoms with Crippen LogP contribution < -0.4 is 10.1 Å². The number of likely N-dealkylation sites (N-methyl/N-ethyl adjacent to an activating group) is 1. The maximum Gasteiger partial charge on any atom is 0.123 e. The molecule has 0 amide bonds. The molecule has 0 aliphatic rings. The summed E-state index contributed by atoms with van der Waals surface area (Å²) >= 11 is 0. The lowest BCUT2D eigenvalue weighted by Gasteiger charge is -2.33. The van der Waals surface area contributed by atoms with E-state index in [-0.39, 0.29) is 11.2 Å². The number of ether oxygens (including phenoxy) is 1. The van der Waals surface area contributed by atoms with E-state index in [1.807, 2.05) is 7.05 Å². The average molecular weight is 253 g/mol. The molecule has 0 spiro atoms. The molecule has 3 heteroatoms. The third-order valence-electron chi connectivity index (χ3n) is 3.24. The van der Waals surface area contributed by atoms with Gasteiger partial charge in [0.2, 0.25) is 0 Å². The summed E-state index contributed by atoms with van der Waals surface area (Å²) in [6.45, 7) is 7.31. The molecule has 0 saturated heterocycles. The highest BCUT2D eigenvalue weighted by Gasteiger charge is 2.30. The molecule has 1 atom stereocenters. The second-order valence-electron chi connectivity index (χ2n) is 5.53. The molecule has 1 rings (SSSR count). The zero-order valence-electron chi connectivity index (χ0n) is 12.0. The Balaban J connectivity index is 3.22. The first kappa shape index (κ1) is 15.0. The molecule has 0 radical (unpaired) electrons. The van der Waals surface area contributed by atoms with Gasteiger partial charge in [-0.25, -0.2) is 4.39 Å². The number of hydrogen-bond acceptors (Lipinski definition) is 2. The molecule has 0 aliphatic carbocycles. The van der Waals surface area contributed by atoms with Gasteiger partial charge in [0.1, 0.15) is 11.6 Å². The summed E-state index contributed by atoms with van der Waals surface area (Å²) in [5.41, 5.74) is 0.809. The van der Waals surface area contributed by atoms with Gasteiger partial charge in [-0.15, -0.1) is 0 Å². The van der Waals surface area contributed by atoms with Gasteiger partial charge in [0.25, 0.3) is 0 Å². The van der Waals surface area contributed by atoms with Crippen LogP contribution in [0.2, 0.25) is 0 Å². The molecule has 0 bridgehead atoms. The number of rotatable bonds is 6. The van der Waals surface area contributed by atoms with Crippen LogP contribution >= 0.6 is 0 Å². The van der Waals surface area contributed by atoms with Crippen molar-refractivity contribution < 1.29 is 9.13 Å². The maximum atomic E-state index is 13.5. The lowest BCUT2D eigenvalue weighted by atomic mass is 9.75. The molecule has 102 valence electrons. The Labute approximate surface area is 110 Å². The Morgan fingerprint density at radius 3 is 2.56 bits per heavy atom. The molecule has 0 aromatic heterocycles. The quantitative estimate of drug-likeness (QED) is 0.839. The van der Waals surface area contributed by atoms with Crippen LogP contribution in [0.4, 0.5) is 4.39 Å². The number of nitrogens with one attached hydrogen (secondary N) is 1. The summed E-state index contributed by atoms with van der Waals surface area (Å²) in [6, 6.07) is 4.74. The second-order valence-corrected chi connectivity index (χ2v) is 5.53. The molecule has 1 N–H and O–H groups in total. The molecule has 1 aromatic rings. The zero-order valence-corrected chi connectivity index (χ0v) is 12.0. The number of halogens is 1. The van der Waals surface area contributed by atoms with E-state index < -0.39 is 0 Å². The number of methoxy groups -OCH3 is 1. The average Bonchev–Trinajstić information content (AvgIpc) is 2.28. The van der Waals surface area contributed by atoms with Crippen LogP contribution in [0.5, 0.6) is 5.75 Å². The molecule has 2 nitrogen and oxygen atoms in total. The second kappa shape index (κ2) is 6.19. The maximum absolute atomic E-state index is 13.5. The summed E-state index contributed by atoms with van der Waals surface area (Å²) in [5.74, 6) is 1.09. The Morgan fingerprint density at radius 1 is 1.39 bits per heavy atom. The fraction of sp³-hybridized carbons (Fsp3) is 0.600. The molecule has 18 heavy (non-hydrogen) atoms. The van der Waals surface area contributed by atoms with Crippen LogP contribution in [0.1, 0.15) is 32.8 Å². The zero-order chi connectivity index (χ0) is 13.8. The van der Waals surface area contributed by atoms with Crippen LogP contribution in [0.25, 0.3) is 0 Å². The van der Waals surface area contributed by atoms with Crippen molar-refractivity contribution in [1.29, 1.82) is 0 Å². The third-order valence-corrected chi connectivity index (χ3v) is 3.24. The van der Waals surface area contributed by atoms with Crippen molar-refractivity contribution in [2.75, 3.05) is 20.7 Å². The Morgan fingerprint density at radius 2 is 2.06 bits per heavy atom. The van der Waals surface area contributed by atoms with Gasteiger partial charge in [-0.1, -0.05) is 20.8 Å². The van der Waals surface area contributed by atoms with Gasteiger partial charge in [-0.2, -0.15) is 0 Å². The van der Waals surface area contributed by atoms with Crippen molar-refractivity contribution in [1.82, 2.24) is 5.32 Å². The predicted octanol–water partition coefficient (Wildman–Crippen LogP) is 3.36. The van der Waals surface area contributed by atoms with E-state index in [2.05, 4.69) is 26.1 Å². The Bertz CT molecular complexity index is 392. The van der Waals surface area contributed by atoms with E-state index in [9.17, 15) is 4.39 Å². The van der Waals surface area contributed by atoms with E-state index >= 15 is 0 Å². The normalized spacial score (nSPS) is 14.6. The highest BCUT2D eigenvalue weighted by Crippen LogP contribution is 2.36. The summed E-state index contributed by atoms with van der Waals surface area (Å²) in [4.78, 5) is 0. The van der Waals surface area contributed by atoms with E-state index in [4.69, 9.17) is 4.74 Å². The van der Waals surface area contributed by atoms with Crippen LogP contribution in [0, 0.1) is 11.7 Å². The van der Waals surface area contributed by atoms with Crippen LogP contribution in [0.3, 0.4) is 0 Å². The molecule has 0 fully saturated rings. The summed E-state index contributed by atoms with van der Waals surface area (Å²) in [7, 11) is 3.55. The summed E-state index contributed by atoms with van der Waals surface area (Å²) in [6.07, 6.45) is 0.980. The van der Waals surface area contributed by atoms with Gasteiger partial charge in [0.15, 0.2) is 0 Å². The standard InChI is InChI=1S/C15H24FNO/c1-11(2)9-15(3,10-17-4)13-8-12(16)6-7-14(13)18-5/h6-8,11,17H,9-10H2,1-5H3. The first-order valence-corrected chi connectivity index (χ1v) is 6.41. The SMILES string of the molecule is CNCC(C)(CC(C)C)c1cc(F)ccc1OC. The van der Waals surface area contributed by atoms with Gasteiger partial charge < -0.3 is 10.1 Å². The van der Waals surface area contributed by atoms with Crippen molar-refractivity contribution in [2.24, 2.45) is 5.92 Å². The summed E-state index contributed by atoms with van der Waals surface area (Å²) in [5, 5.41) is 3.20. The van der Waals surface area contributed by atoms with E-state index in [1.54, 1.807) is 19.2 Å². The van der Waals surface area contributed by atoms with Crippen molar-refractivity contribution in [3.05, 3.63) is 29.6 Å².